The van der Waals surface area contributed by atoms with E-state index >= 15 is 0 Å². The Hall–Kier alpha value is -3.32. The van der Waals surface area contributed by atoms with Crippen LogP contribution in [0.25, 0.3) is 0 Å². The molecule has 0 aromatic heterocycles. The van der Waals surface area contributed by atoms with Crippen LogP contribution in [-0.2, 0) is 0 Å². The zero-order valence-corrected chi connectivity index (χ0v) is 19.4. The Morgan fingerprint density at radius 3 is 1.25 bits per heavy atom. The highest BCUT2D eigenvalue weighted by Gasteiger charge is 2.28. The van der Waals surface area contributed by atoms with Crippen molar-refractivity contribution >= 4 is 0 Å². The van der Waals surface area contributed by atoms with Crippen LogP contribution in [0.1, 0.15) is 77.5 Å². The van der Waals surface area contributed by atoms with Crippen molar-refractivity contribution in [3.05, 3.63) is 136 Å². The van der Waals surface area contributed by atoms with Gasteiger partial charge in [0.15, 0.2) is 0 Å². The lowest BCUT2D eigenvalue weighted by atomic mass is 9.74. The van der Waals surface area contributed by atoms with Crippen molar-refractivity contribution in [3.63, 3.8) is 0 Å². The monoisotopic (exact) mass is 420 g/mol. The van der Waals surface area contributed by atoms with Gasteiger partial charge in [0.1, 0.15) is 5.75 Å². The lowest BCUT2D eigenvalue weighted by molar-refractivity contribution is 0.463. The molecule has 3 atom stereocenters. The number of benzene rings is 4. The average molecular weight is 421 g/mol. The third kappa shape index (κ3) is 4.21. The summed E-state index contributed by atoms with van der Waals surface area (Å²) in [6.07, 6.45) is 0. The molecule has 0 radical (unpaired) electrons. The van der Waals surface area contributed by atoms with Crippen LogP contribution in [0, 0.1) is 6.92 Å². The Morgan fingerprint density at radius 2 is 0.844 bits per heavy atom. The minimum atomic E-state index is 0.0830. The number of phenolic OH excluding ortho intramolecular Hbond substituents is 1. The fourth-order valence-electron chi connectivity index (χ4n) is 5.08. The third-order valence-corrected chi connectivity index (χ3v) is 6.83. The molecule has 32 heavy (non-hydrogen) atoms. The minimum Gasteiger partial charge on any atom is -0.508 e. The summed E-state index contributed by atoms with van der Waals surface area (Å²) < 4.78 is 0. The van der Waals surface area contributed by atoms with Crippen LogP contribution in [0.5, 0.6) is 5.75 Å². The van der Waals surface area contributed by atoms with Crippen molar-refractivity contribution < 1.29 is 5.11 Å². The van der Waals surface area contributed by atoms with Gasteiger partial charge in [-0.25, -0.2) is 0 Å². The Morgan fingerprint density at radius 1 is 0.500 bits per heavy atom. The standard InChI is InChI=1S/C31H32O/c1-21-20-28(32)30(23(3)26-16-10-6-11-17-26)31(24(4)27-18-12-7-13-19-27)29(21)22(2)25-14-8-5-9-15-25/h5-20,22-24,32H,1-4H3. The maximum Gasteiger partial charge on any atom is 0.119 e. The quantitative estimate of drug-likeness (QED) is 0.333. The predicted octanol–water partition coefficient (Wildman–Crippen LogP) is 8.16. The van der Waals surface area contributed by atoms with Gasteiger partial charge in [-0.15, -0.1) is 0 Å². The first-order chi connectivity index (χ1) is 15.5. The highest BCUT2D eigenvalue weighted by molar-refractivity contribution is 5.58. The normalized spacial score (nSPS) is 14.0. The van der Waals surface area contributed by atoms with E-state index in [1.165, 1.54) is 27.8 Å². The molecule has 0 aliphatic rings. The van der Waals surface area contributed by atoms with Crippen LogP contribution in [-0.4, -0.2) is 5.11 Å². The summed E-state index contributed by atoms with van der Waals surface area (Å²) in [4.78, 5) is 0. The topological polar surface area (TPSA) is 20.2 Å². The van der Waals surface area contributed by atoms with E-state index in [1.807, 2.05) is 12.1 Å². The molecule has 4 rings (SSSR count). The van der Waals surface area contributed by atoms with E-state index in [9.17, 15) is 5.11 Å². The van der Waals surface area contributed by atoms with E-state index in [0.717, 1.165) is 11.1 Å². The van der Waals surface area contributed by atoms with E-state index in [2.05, 4.69) is 113 Å². The second kappa shape index (κ2) is 9.44. The first-order valence-electron chi connectivity index (χ1n) is 11.5. The average Bonchev–Trinajstić information content (AvgIpc) is 2.84. The van der Waals surface area contributed by atoms with Gasteiger partial charge in [-0.2, -0.15) is 0 Å². The van der Waals surface area contributed by atoms with Gasteiger partial charge in [0.05, 0.1) is 0 Å². The Bertz CT molecular complexity index is 1090. The van der Waals surface area contributed by atoms with E-state index < -0.39 is 0 Å². The molecule has 1 nitrogen and oxygen atoms in total. The Labute approximate surface area is 192 Å². The molecule has 3 unspecified atom stereocenters. The highest BCUT2D eigenvalue weighted by atomic mass is 16.3. The SMILES string of the molecule is Cc1cc(O)c(C(C)c2ccccc2)c(C(C)c2ccccc2)c1C(C)c1ccccc1. The minimum absolute atomic E-state index is 0.0830. The second-order valence-corrected chi connectivity index (χ2v) is 8.85. The van der Waals surface area contributed by atoms with Crippen molar-refractivity contribution in [1.29, 1.82) is 0 Å². The Balaban J connectivity index is 1.99. The summed E-state index contributed by atoms with van der Waals surface area (Å²) in [6, 6.07) is 33.8. The predicted molar refractivity (Wildman–Crippen MR) is 135 cm³/mol. The first kappa shape index (κ1) is 21.9. The van der Waals surface area contributed by atoms with Gasteiger partial charge in [0.2, 0.25) is 0 Å². The molecule has 0 fully saturated rings. The van der Waals surface area contributed by atoms with Crippen LogP contribution >= 0.6 is 0 Å². The second-order valence-electron chi connectivity index (χ2n) is 8.85. The van der Waals surface area contributed by atoms with Crippen LogP contribution in [0.2, 0.25) is 0 Å². The number of hydrogen-bond acceptors (Lipinski definition) is 1. The van der Waals surface area contributed by atoms with E-state index in [1.54, 1.807) is 0 Å². The highest BCUT2D eigenvalue weighted by Crippen LogP contribution is 2.45. The molecule has 0 amide bonds. The molecular weight excluding hydrogens is 388 g/mol. The van der Waals surface area contributed by atoms with Gasteiger partial charge >= 0.3 is 0 Å². The molecule has 4 aromatic carbocycles. The van der Waals surface area contributed by atoms with Gasteiger partial charge in [-0.05, 0) is 46.4 Å². The summed E-state index contributed by atoms with van der Waals surface area (Å²) in [7, 11) is 0. The summed E-state index contributed by atoms with van der Waals surface area (Å²) in [5, 5.41) is 11.3. The number of aryl methyl sites for hydroxylation is 1. The van der Waals surface area contributed by atoms with E-state index in [-0.39, 0.29) is 17.8 Å². The van der Waals surface area contributed by atoms with Gasteiger partial charge in [0, 0.05) is 23.3 Å². The zero-order chi connectivity index (χ0) is 22.7. The van der Waals surface area contributed by atoms with Crippen LogP contribution in [0.3, 0.4) is 0 Å². The van der Waals surface area contributed by atoms with Crippen LogP contribution < -0.4 is 0 Å². The summed E-state index contributed by atoms with van der Waals surface area (Å²) in [5.74, 6) is 0.851. The molecule has 0 bridgehead atoms. The number of hydrogen-bond donors (Lipinski definition) is 1. The van der Waals surface area contributed by atoms with Gasteiger partial charge in [0.25, 0.3) is 0 Å². The first-order valence-corrected chi connectivity index (χ1v) is 11.5. The fraction of sp³-hybridized carbons (Fsp3) is 0.226. The van der Waals surface area contributed by atoms with Crippen molar-refractivity contribution in [1.82, 2.24) is 0 Å². The van der Waals surface area contributed by atoms with E-state index in [4.69, 9.17) is 0 Å². The zero-order valence-electron chi connectivity index (χ0n) is 19.4. The lowest BCUT2D eigenvalue weighted by Crippen LogP contribution is -2.13. The smallest absolute Gasteiger partial charge is 0.119 e. The summed E-state index contributed by atoms with van der Waals surface area (Å²) in [6.45, 7) is 8.89. The number of rotatable bonds is 6. The molecule has 0 saturated heterocycles. The van der Waals surface area contributed by atoms with Gasteiger partial charge < -0.3 is 5.11 Å². The summed E-state index contributed by atoms with van der Waals surface area (Å²) >= 11 is 0. The molecular formula is C31H32O. The van der Waals surface area contributed by atoms with Crippen molar-refractivity contribution in [2.45, 2.75) is 45.4 Å². The maximum absolute atomic E-state index is 11.3. The largest absolute Gasteiger partial charge is 0.508 e. The van der Waals surface area contributed by atoms with Gasteiger partial charge in [-0.3, -0.25) is 0 Å². The van der Waals surface area contributed by atoms with Crippen LogP contribution in [0.15, 0.2) is 97.1 Å². The molecule has 0 saturated carbocycles. The molecule has 0 aliphatic carbocycles. The maximum atomic E-state index is 11.3. The number of phenols is 1. The number of aromatic hydroxyl groups is 1. The molecule has 4 aromatic rings. The van der Waals surface area contributed by atoms with Crippen LogP contribution in [0.4, 0.5) is 0 Å². The molecule has 162 valence electrons. The molecule has 0 spiro atoms. The molecule has 0 heterocycles. The van der Waals surface area contributed by atoms with Gasteiger partial charge in [-0.1, -0.05) is 112 Å². The third-order valence-electron chi connectivity index (χ3n) is 6.83. The molecule has 1 heteroatoms. The summed E-state index contributed by atoms with van der Waals surface area (Å²) in [5.41, 5.74) is 8.52. The van der Waals surface area contributed by atoms with Crippen molar-refractivity contribution in [2.24, 2.45) is 0 Å². The molecule has 1 N–H and O–H groups in total. The van der Waals surface area contributed by atoms with E-state index in [0.29, 0.717) is 5.75 Å². The fourth-order valence-corrected chi connectivity index (χ4v) is 5.08. The lowest BCUT2D eigenvalue weighted by Gasteiger charge is -2.30. The molecule has 0 aliphatic heterocycles. The Kier molecular flexibility index (Phi) is 6.46. The van der Waals surface area contributed by atoms with Crippen molar-refractivity contribution in [3.8, 4) is 5.75 Å². The van der Waals surface area contributed by atoms with Crippen molar-refractivity contribution in [2.75, 3.05) is 0 Å².